The van der Waals surface area contributed by atoms with Gasteiger partial charge in [0.05, 0.1) is 10.4 Å². The van der Waals surface area contributed by atoms with E-state index in [1.165, 1.54) is 6.92 Å². The minimum Gasteiger partial charge on any atom is -0.425 e. The second-order valence-electron chi connectivity index (χ2n) is 4.28. The third-order valence-electron chi connectivity index (χ3n) is 2.87. The van der Waals surface area contributed by atoms with Crippen LogP contribution in [0.15, 0.2) is 53.0 Å². The van der Waals surface area contributed by atoms with Crippen molar-refractivity contribution in [1.29, 1.82) is 0 Å². The summed E-state index contributed by atoms with van der Waals surface area (Å²) < 4.78 is 5.88. The molecule has 2 aromatic carbocycles. The van der Waals surface area contributed by atoms with Gasteiger partial charge < -0.3 is 9.53 Å². The Balaban J connectivity index is 2.52. The molecule has 20 heavy (non-hydrogen) atoms. The van der Waals surface area contributed by atoms with Crippen molar-refractivity contribution in [3.63, 3.8) is 0 Å². The molecule has 0 aliphatic carbocycles. The third-order valence-corrected chi connectivity index (χ3v) is 3.50. The van der Waals surface area contributed by atoms with Gasteiger partial charge in [-0.2, -0.15) is 0 Å². The van der Waals surface area contributed by atoms with Gasteiger partial charge >= 0.3 is 5.97 Å². The summed E-state index contributed by atoms with van der Waals surface area (Å²) in [7, 11) is 0. The fourth-order valence-electron chi connectivity index (χ4n) is 2.01. The lowest BCUT2D eigenvalue weighted by Gasteiger charge is -2.16. The van der Waals surface area contributed by atoms with Crippen LogP contribution in [0, 0.1) is 0 Å². The zero-order valence-electron chi connectivity index (χ0n) is 10.9. The van der Waals surface area contributed by atoms with E-state index in [2.05, 4.69) is 15.9 Å². The Morgan fingerprint density at radius 1 is 1.15 bits per heavy atom. The highest BCUT2D eigenvalue weighted by Crippen LogP contribution is 2.36. The number of ether oxygens (including phenoxy) is 1. The van der Waals surface area contributed by atoms with Crippen molar-refractivity contribution in [1.82, 2.24) is 0 Å². The van der Waals surface area contributed by atoms with Crippen LogP contribution >= 0.6 is 15.9 Å². The first-order chi connectivity index (χ1) is 9.63. The lowest BCUT2D eigenvalue weighted by molar-refractivity contribution is -0.132. The van der Waals surface area contributed by atoms with E-state index in [-0.39, 0.29) is 0 Å². The molecule has 1 atom stereocenters. The molecule has 4 heteroatoms. The van der Waals surface area contributed by atoms with E-state index in [4.69, 9.17) is 4.74 Å². The maximum atomic E-state index is 11.5. The number of carbonyl (C=O) groups excluding carboxylic acids is 2. The van der Waals surface area contributed by atoms with Crippen molar-refractivity contribution < 1.29 is 14.3 Å². The monoisotopic (exact) mass is 332 g/mol. The normalized spacial score (nSPS) is 11.7. The van der Waals surface area contributed by atoms with E-state index < -0.39 is 11.9 Å². The first-order valence-corrected chi connectivity index (χ1v) is 6.90. The molecule has 0 aliphatic heterocycles. The van der Waals surface area contributed by atoms with Gasteiger partial charge in [-0.25, -0.2) is 0 Å². The van der Waals surface area contributed by atoms with Crippen molar-refractivity contribution in [3.05, 3.63) is 64.1 Å². The van der Waals surface area contributed by atoms with Crippen LogP contribution in [0.5, 0.6) is 5.75 Å². The standard InChI is InChI=1S/C16H13BrO3/c1-11(19)20-16-13(8-5-9-15(16)17)14(10-18)12-6-3-2-4-7-12/h2-10,14H,1H3. The van der Waals surface area contributed by atoms with Crippen LogP contribution in [0.2, 0.25) is 0 Å². The Kier molecular flexibility index (Phi) is 4.69. The summed E-state index contributed by atoms with van der Waals surface area (Å²) >= 11 is 3.35. The molecule has 0 bridgehead atoms. The summed E-state index contributed by atoms with van der Waals surface area (Å²) in [5.41, 5.74) is 1.52. The fourth-order valence-corrected chi connectivity index (χ4v) is 2.48. The first kappa shape index (κ1) is 14.5. The van der Waals surface area contributed by atoms with Gasteiger partial charge in [0, 0.05) is 12.5 Å². The molecule has 3 nitrogen and oxygen atoms in total. The number of benzene rings is 2. The number of halogens is 1. The molecule has 0 radical (unpaired) electrons. The van der Waals surface area contributed by atoms with Gasteiger partial charge in [0.15, 0.2) is 0 Å². The quantitative estimate of drug-likeness (QED) is 0.487. The van der Waals surface area contributed by atoms with E-state index in [9.17, 15) is 9.59 Å². The summed E-state index contributed by atoms with van der Waals surface area (Å²) in [4.78, 5) is 22.7. The predicted octanol–water partition coefficient (Wildman–Crippen LogP) is 3.71. The number of aldehydes is 1. The summed E-state index contributed by atoms with van der Waals surface area (Å²) in [5.74, 6) is -0.500. The lowest BCUT2D eigenvalue weighted by atomic mass is 9.92. The van der Waals surface area contributed by atoms with Crippen molar-refractivity contribution >= 4 is 28.2 Å². The molecule has 2 aromatic rings. The third kappa shape index (κ3) is 3.14. The molecule has 0 aliphatic rings. The largest absolute Gasteiger partial charge is 0.425 e. The molecule has 0 aromatic heterocycles. The van der Waals surface area contributed by atoms with Crippen LogP contribution < -0.4 is 4.74 Å². The Morgan fingerprint density at radius 3 is 2.45 bits per heavy atom. The number of para-hydroxylation sites is 1. The molecule has 0 amide bonds. The second kappa shape index (κ2) is 6.48. The Hall–Kier alpha value is -1.94. The van der Waals surface area contributed by atoms with E-state index in [0.29, 0.717) is 15.8 Å². The minimum atomic E-state index is -0.469. The van der Waals surface area contributed by atoms with Gasteiger partial charge in [0.1, 0.15) is 12.0 Å². The molecule has 0 spiro atoms. The van der Waals surface area contributed by atoms with Crippen molar-refractivity contribution in [2.45, 2.75) is 12.8 Å². The topological polar surface area (TPSA) is 43.4 Å². The van der Waals surface area contributed by atoms with Crippen molar-refractivity contribution in [2.75, 3.05) is 0 Å². The van der Waals surface area contributed by atoms with Crippen LogP contribution in [0.1, 0.15) is 24.0 Å². The number of hydrogen-bond acceptors (Lipinski definition) is 3. The van der Waals surface area contributed by atoms with Crippen LogP contribution in [-0.4, -0.2) is 12.3 Å². The smallest absolute Gasteiger partial charge is 0.308 e. The van der Waals surface area contributed by atoms with E-state index >= 15 is 0 Å². The van der Waals surface area contributed by atoms with Gasteiger partial charge in [0.25, 0.3) is 0 Å². The molecular weight excluding hydrogens is 320 g/mol. The lowest BCUT2D eigenvalue weighted by Crippen LogP contribution is -2.09. The molecule has 0 saturated carbocycles. The molecule has 2 rings (SSSR count). The number of hydrogen-bond donors (Lipinski definition) is 0. The van der Waals surface area contributed by atoms with Gasteiger partial charge in [-0.3, -0.25) is 4.79 Å². The molecule has 102 valence electrons. The van der Waals surface area contributed by atoms with Crippen LogP contribution in [0.4, 0.5) is 0 Å². The molecular formula is C16H13BrO3. The number of rotatable bonds is 4. The fraction of sp³-hybridized carbons (Fsp3) is 0.125. The average molecular weight is 333 g/mol. The average Bonchev–Trinajstić information content (AvgIpc) is 2.44. The summed E-state index contributed by atoms with van der Waals surface area (Å²) in [6.45, 7) is 1.33. The Morgan fingerprint density at radius 2 is 1.85 bits per heavy atom. The van der Waals surface area contributed by atoms with E-state index in [1.807, 2.05) is 36.4 Å². The van der Waals surface area contributed by atoms with E-state index in [1.54, 1.807) is 12.1 Å². The van der Waals surface area contributed by atoms with Crippen LogP contribution in [0.3, 0.4) is 0 Å². The molecule has 0 saturated heterocycles. The maximum Gasteiger partial charge on any atom is 0.308 e. The van der Waals surface area contributed by atoms with Crippen LogP contribution in [-0.2, 0) is 9.59 Å². The van der Waals surface area contributed by atoms with Gasteiger partial charge in [-0.05, 0) is 27.6 Å². The Labute approximate surface area is 125 Å². The molecule has 0 N–H and O–H groups in total. The van der Waals surface area contributed by atoms with Crippen molar-refractivity contribution in [2.24, 2.45) is 0 Å². The molecule has 1 unspecified atom stereocenters. The Bertz CT molecular complexity index is 623. The zero-order chi connectivity index (χ0) is 14.5. The molecule has 0 heterocycles. The first-order valence-electron chi connectivity index (χ1n) is 6.10. The van der Waals surface area contributed by atoms with Gasteiger partial charge in [-0.15, -0.1) is 0 Å². The van der Waals surface area contributed by atoms with Crippen molar-refractivity contribution in [3.8, 4) is 5.75 Å². The van der Waals surface area contributed by atoms with Crippen LogP contribution in [0.25, 0.3) is 0 Å². The molecule has 0 fully saturated rings. The zero-order valence-corrected chi connectivity index (χ0v) is 12.5. The minimum absolute atomic E-state index is 0.390. The van der Waals surface area contributed by atoms with Gasteiger partial charge in [-0.1, -0.05) is 42.5 Å². The second-order valence-corrected chi connectivity index (χ2v) is 5.13. The summed E-state index contributed by atoms with van der Waals surface area (Å²) in [6.07, 6.45) is 0.851. The maximum absolute atomic E-state index is 11.5. The number of carbonyl (C=O) groups is 2. The van der Waals surface area contributed by atoms with E-state index in [0.717, 1.165) is 11.8 Å². The highest BCUT2D eigenvalue weighted by atomic mass is 79.9. The SMILES string of the molecule is CC(=O)Oc1c(Br)cccc1C(C=O)c1ccccc1. The summed E-state index contributed by atoms with van der Waals surface area (Å²) in [5, 5.41) is 0. The predicted molar refractivity (Wildman–Crippen MR) is 79.8 cm³/mol. The van der Waals surface area contributed by atoms with Gasteiger partial charge in [0.2, 0.25) is 0 Å². The summed E-state index contributed by atoms with van der Waals surface area (Å²) in [6, 6.07) is 14.7. The highest BCUT2D eigenvalue weighted by molar-refractivity contribution is 9.10. The number of esters is 1. The highest BCUT2D eigenvalue weighted by Gasteiger charge is 2.20.